The van der Waals surface area contributed by atoms with E-state index in [4.69, 9.17) is 5.73 Å². The lowest BCUT2D eigenvalue weighted by Gasteiger charge is -2.30. The van der Waals surface area contributed by atoms with Gasteiger partial charge in [-0.1, -0.05) is 13.8 Å². The highest BCUT2D eigenvalue weighted by molar-refractivity contribution is 5.25. The summed E-state index contributed by atoms with van der Waals surface area (Å²) in [5.41, 5.74) is 6.98. The van der Waals surface area contributed by atoms with Crippen LogP contribution in [0.15, 0.2) is 12.3 Å². The molecule has 0 radical (unpaired) electrons. The molecule has 4 nitrogen and oxygen atoms in total. The number of nitrogens with zero attached hydrogens (tertiary/aromatic N) is 2. The van der Waals surface area contributed by atoms with Crippen molar-refractivity contribution in [2.24, 2.45) is 11.1 Å². The van der Waals surface area contributed by atoms with E-state index in [0.717, 1.165) is 25.1 Å². The van der Waals surface area contributed by atoms with Crippen LogP contribution in [0.5, 0.6) is 0 Å². The lowest BCUT2D eigenvalue weighted by molar-refractivity contribution is 0.294. The molecule has 3 N–H and O–H groups in total. The van der Waals surface area contributed by atoms with Crippen LogP contribution < -0.4 is 11.1 Å². The smallest absolute Gasteiger partial charge is 0.222 e. The van der Waals surface area contributed by atoms with E-state index in [1.165, 1.54) is 0 Å². The van der Waals surface area contributed by atoms with Gasteiger partial charge in [0.2, 0.25) is 5.95 Å². The molecule has 0 spiro atoms. The maximum atomic E-state index is 5.84. The van der Waals surface area contributed by atoms with Crippen LogP contribution in [0.4, 0.5) is 5.95 Å². The fourth-order valence-electron chi connectivity index (χ4n) is 1.66. The van der Waals surface area contributed by atoms with Crippen molar-refractivity contribution in [3.05, 3.63) is 18.0 Å². The van der Waals surface area contributed by atoms with E-state index < -0.39 is 0 Å². The van der Waals surface area contributed by atoms with Gasteiger partial charge in [0.05, 0.1) is 0 Å². The zero-order valence-electron chi connectivity index (χ0n) is 10.5. The molecule has 1 rings (SSSR count). The fraction of sp³-hybridized carbons (Fsp3) is 0.667. The van der Waals surface area contributed by atoms with Crippen molar-refractivity contribution in [2.45, 2.75) is 33.6 Å². The van der Waals surface area contributed by atoms with Gasteiger partial charge >= 0.3 is 0 Å². The van der Waals surface area contributed by atoms with E-state index >= 15 is 0 Å². The first-order valence-corrected chi connectivity index (χ1v) is 5.89. The molecule has 90 valence electrons. The van der Waals surface area contributed by atoms with Gasteiger partial charge in [0, 0.05) is 18.4 Å². The first-order chi connectivity index (χ1) is 7.65. The van der Waals surface area contributed by atoms with Crippen LogP contribution in [-0.4, -0.2) is 23.1 Å². The van der Waals surface area contributed by atoms with Gasteiger partial charge in [0.25, 0.3) is 0 Å². The van der Waals surface area contributed by atoms with E-state index in [1.807, 2.05) is 13.0 Å². The molecule has 0 aliphatic carbocycles. The molecule has 0 saturated heterocycles. The van der Waals surface area contributed by atoms with E-state index in [2.05, 4.69) is 29.1 Å². The molecular formula is C12H22N4. The minimum atomic E-state index is 0.160. The number of anilines is 1. The van der Waals surface area contributed by atoms with Crippen molar-refractivity contribution < 1.29 is 0 Å². The van der Waals surface area contributed by atoms with Crippen molar-refractivity contribution in [1.29, 1.82) is 0 Å². The highest BCUT2D eigenvalue weighted by Gasteiger charge is 2.24. The first kappa shape index (κ1) is 12.9. The Labute approximate surface area is 97.7 Å². The van der Waals surface area contributed by atoms with Gasteiger partial charge < -0.3 is 11.1 Å². The largest absolute Gasteiger partial charge is 0.354 e. The highest BCUT2D eigenvalue weighted by Crippen LogP contribution is 2.24. The molecule has 4 heteroatoms. The second kappa shape index (κ2) is 5.80. The third-order valence-electron chi connectivity index (χ3n) is 3.35. The normalized spacial score (nSPS) is 11.5. The number of hydrogen-bond acceptors (Lipinski definition) is 4. The standard InChI is InChI=1S/C12H22N4/c1-4-12(5-2,8-13)9-15-11-14-7-6-10(3)16-11/h6-7H,4-5,8-9,13H2,1-3H3,(H,14,15,16). The van der Waals surface area contributed by atoms with Crippen LogP contribution in [0.25, 0.3) is 0 Å². The summed E-state index contributed by atoms with van der Waals surface area (Å²) in [5.74, 6) is 0.694. The highest BCUT2D eigenvalue weighted by atomic mass is 15.1. The SMILES string of the molecule is CCC(CC)(CN)CNc1nccc(C)n1. The number of rotatable bonds is 6. The van der Waals surface area contributed by atoms with Crippen molar-refractivity contribution in [3.8, 4) is 0 Å². The summed E-state index contributed by atoms with van der Waals surface area (Å²) < 4.78 is 0. The zero-order chi connectivity index (χ0) is 12.0. The average Bonchev–Trinajstić information content (AvgIpc) is 2.32. The Morgan fingerprint density at radius 1 is 1.38 bits per heavy atom. The maximum Gasteiger partial charge on any atom is 0.222 e. The second-order valence-electron chi connectivity index (χ2n) is 4.29. The van der Waals surface area contributed by atoms with Crippen LogP contribution in [0.3, 0.4) is 0 Å². The number of aryl methyl sites for hydroxylation is 1. The molecule has 0 fully saturated rings. The van der Waals surface area contributed by atoms with Gasteiger partial charge in [-0.25, -0.2) is 9.97 Å². The fourth-order valence-corrected chi connectivity index (χ4v) is 1.66. The van der Waals surface area contributed by atoms with Crippen LogP contribution in [0, 0.1) is 12.3 Å². The second-order valence-corrected chi connectivity index (χ2v) is 4.29. The van der Waals surface area contributed by atoms with Crippen LogP contribution in [0.1, 0.15) is 32.4 Å². The Bertz CT molecular complexity index is 312. The molecular weight excluding hydrogens is 200 g/mol. The molecule has 1 aromatic heterocycles. The summed E-state index contributed by atoms with van der Waals surface area (Å²) >= 11 is 0. The maximum absolute atomic E-state index is 5.84. The van der Waals surface area contributed by atoms with Crippen LogP contribution >= 0.6 is 0 Å². The van der Waals surface area contributed by atoms with Crippen molar-refractivity contribution in [1.82, 2.24) is 9.97 Å². The average molecular weight is 222 g/mol. The molecule has 1 heterocycles. The minimum Gasteiger partial charge on any atom is -0.354 e. The summed E-state index contributed by atoms with van der Waals surface area (Å²) in [5, 5.41) is 3.28. The lowest BCUT2D eigenvalue weighted by atomic mass is 9.82. The van der Waals surface area contributed by atoms with E-state index in [-0.39, 0.29) is 5.41 Å². The van der Waals surface area contributed by atoms with Crippen LogP contribution in [-0.2, 0) is 0 Å². The molecule has 0 bridgehead atoms. The minimum absolute atomic E-state index is 0.160. The number of aromatic nitrogens is 2. The molecule has 0 saturated carbocycles. The molecule has 0 amide bonds. The Balaban J connectivity index is 2.62. The third kappa shape index (κ3) is 3.17. The quantitative estimate of drug-likeness (QED) is 0.772. The van der Waals surface area contributed by atoms with Gasteiger partial charge in [0.15, 0.2) is 0 Å². The van der Waals surface area contributed by atoms with Crippen LogP contribution in [0.2, 0.25) is 0 Å². The zero-order valence-corrected chi connectivity index (χ0v) is 10.5. The van der Waals surface area contributed by atoms with Gasteiger partial charge in [-0.2, -0.15) is 0 Å². The van der Waals surface area contributed by atoms with E-state index in [9.17, 15) is 0 Å². The summed E-state index contributed by atoms with van der Waals surface area (Å²) in [4.78, 5) is 8.50. The van der Waals surface area contributed by atoms with E-state index in [0.29, 0.717) is 12.5 Å². The predicted molar refractivity (Wildman–Crippen MR) is 67.3 cm³/mol. The van der Waals surface area contributed by atoms with Gasteiger partial charge in [-0.15, -0.1) is 0 Å². The third-order valence-corrected chi connectivity index (χ3v) is 3.35. The predicted octanol–water partition coefficient (Wildman–Crippen LogP) is 1.96. The topological polar surface area (TPSA) is 63.8 Å². The van der Waals surface area contributed by atoms with Gasteiger partial charge in [-0.05, 0) is 37.8 Å². The Kier molecular flexibility index (Phi) is 4.68. The number of nitrogens with one attached hydrogen (secondary N) is 1. The van der Waals surface area contributed by atoms with Gasteiger partial charge in [0.1, 0.15) is 0 Å². The Morgan fingerprint density at radius 3 is 2.56 bits per heavy atom. The summed E-state index contributed by atoms with van der Waals surface area (Å²) in [6.07, 6.45) is 3.91. The summed E-state index contributed by atoms with van der Waals surface area (Å²) in [6.45, 7) is 7.84. The molecule has 0 aliphatic rings. The molecule has 0 atom stereocenters. The molecule has 0 aromatic carbocycles. The molecule has 0 unspecified atom stereocenters. The van der Waals surface area contributed by atoms with Gasteiger partial charge in [-0.3, -0.25) is 0 Å². The first-order valence-electron chi connectivity index (χ1n) is 5.89. The molecule has 0 aliphatic heterocycles. The number of hydrogen-bond donors (Lipinski definition) is 2. The Hall–Kier alpha value is -1.16. The van der Waals surface area contributed by atoms with E-state index in [1.54, 1.807) is 6.20 Å². The Morgan fingerprint density at radius 2 is 2.06 bits per heavy atom. The molecule has 1 aromatic rings. The summed E-state index contributed by atoms with van der Waals surface area (Å²) in [7, 11) is 0. The lowest BCUT2D eigenvalue weighted by Crippen LogP contribution is -2.36. The van der Waals surface area contributed by atoms with Crippen molar-refractivity contribution >= 4 is 5.95 Å². The van der Waals surface area contributed by atoms with Crippen molar-refractivity contribution in [3.63, 3.8) is 0 Å². The molecule has 16 heavy (non-hydrogen) atoms. The monoisotopic (exact) mass is 222 g/mol. The number of nitrogens with two attached hydrogens (primary N) is 1. The van der Waals surface area contributed by atoms with Crippen molar-refractivity contribution in [2.75, 3.05) is 18.4 Å². The summed E-state index contributed by atoms with van der Waals surface area (Å²) in [6, 6.07) is 1.89.